The van der Waals surface area contributed by atoms with E-state index >= 15 is 0 Å². The molecule has 2 aromatic carbocycles. The molecule has 0 aliphatic carbocycles. The minimum atomic E-state index is -1.32. The Balaban J connectivity index is 1.62. The zero-order valence-corrected chi connectivity index (χ0v) is 15.0. The molecule has 1 heterocycles. The maximum absolute atomic E-state index is 9.90. The molecule has 0 aromatic heterocycles. The standard InChI is InChI=1S/C19H21ClO6/c1-24-16-7-4-12(9-14(16)20)8-11-2-5-13(6-3-11)26-19-18(23)17(22)15(21)10-25-19/h2-7,9,15,17-19,21-23H,8,10H2,1H3/t15-,17-,18+,19+/m0/s1. The van der Waals surface area contributed by atoms with E-state index in [1.54, 1.807) is 19.2 Å². The SMILES string of the molecule is COc1ccc(Cc2ccc(O[C@H]3OC[C@H](O)[C@H](O)[C@H]3O)cc2)cc1Cl. The summed E-state index contributed by atoms with van der Waals surface area (Å²) < 4.78 is 15.9. The van der Waals surface area contributed by atoms with Crippen LogP contribution in [0.1, 0.15) is 11.1 Å². The molecular formula is C19H21ClO6. The summed E-state index contributed by atoms with van der Waals surface area (Å²) in [4.78, 5) is 0. The molecular weight excluding hydrogens is 360 g/mol. The molecule has 3 rings (SSSR count). The predicted molar refractivity (Wildman–Crippen MR) is 95.6 cm³/mol. The molecule has 140 valence electrons. The quantitative estimate of drug-likeness (QED) is 0.732. The molecule has 1 aliphatic rings. The van der Waals surface area contributed by atoms with Gasteiger partial charge < -0.3 is 29.5 Å². The highest BCUT2D eigenvalue weighted by Crippen LogP contribution is 2.27. The molecule has 0 unspecified atom stereocenters. The summed E-state index contributed by atoms with van der Waals surface area (Å²) in [6.07, 6.45) is -4.08. The molecule has 26 heavy (non-hydrogen) atoms. The second kappa shape index (κ2) is 8.24. The fourth-order valence-corrected chi connectivity index (χ4v) is 3.04. The summed E-state index contributed by atoms with van der Waals surface area (Å²) in [7, 11) is 1.58. The number of aliphatic hydroxyl groups is 3. The van der Waals surface area contributed by atoms with Gasteiger partial charge in [0.1, 0.15) is 29.8 Å². The van der Waals surface area contributed by atoms with Crippen molar-refractivity contribution in [2.45, 2.75) is 31.0 Å². The van der Waals surface area contributed by atoms with E-state index in [1.165, 1.54) is 0 Å². The summed E-state index contributed by atoms with van der Waals surface area (Å²) in [6, 6.07) is 13.0. The lowest BCUT2D eigenvalue weighted by Crippen LogP contribution is -2.54. The van der Waals surface area contributed by atoms with Gasteiger partial charge in [-0.3, -0.25) is 0 Å². The molecule has 0 radical (unpaired) electrons. The summed E-state index contributed by atoms with van der Waals surface area (Å²) >= 11 is 6.14. The van der Waals surface area contributed by atoms with Crippen molar-refractivity contribution in [3.8, 4) is 11.5 Å². The molecule has 0 saturated carbocycles. The van der Waals surface area contributed by atoms with Gasteiger partial charge in [-0.1, -0.05) is 29.8 Å². The van der Waals surface area contributed by atoms with Crippen LogP contribution in [0.25, 0.3) is 0 Å². The Labute approximate surface area is 156 Å². The second-order valence-corrected chi connectivity index (χ2v) is 6.56. The van der Waals surface area contributed by atoms with Gasteiger partial charge in [0.25, 0.3) is 0 Å². The molecule has 2 aromatic rings. The summed E-state index contributed by atoms with van der Waals surface area (Å²) in [5.41, 5.74) is 2.10. The summed E-state index contributed by atoms with van der Waals surface area (Å²) in [5, 5.41) is 29.6. The monoisotopic (exact) mass is 380 g/mol. The smallest absolute Gasteiger partial charge is 0.228 e. The van der Waals surface area contributed by atoms with Gasteiger partial charge in [-0.05, 0) is 41.8 Å². The van der Waals surface area contributed by atoms with Crippen LogP contribution in [-0.4, -0.2) is 53.6 Å². The van der Waals surface area contributed by atoms with Crippen LogP contribution in [0.4, 0.5) is 0 Å². The van der Waals surface area contributed by atoms with Crippen molar-refractivity contribution in [1.29, 1.82) is 0 Å². The van der Waals surface area contributed by atoms with E-state index in [9.17, 15) is 15.3 Å². The van der Waals surface area contributed by atoms with Gasteiger partial charge in [0, 0.05) is 0 Å². The fourth-order valence-electron chi connectivity index (χ4n) is 2.76. The minimum Gasteiger partial charge on any atom is -0.495 e. The third-order valence-electron chi connectivity index (χ3n) is 4.25. The third kappa shape index (κ3) is 4.28. The normalized spacial score (nSPS) is 25.7. The molecule has 4 atom stereocenters. The maximum atomic E-state index is 9.90. The zero-order valence-electron chi connectivity index (χ0n) is 14.2. The molecule has 0 spiro atoms. The number of halogens is 1. The lowest BCUT2D eigenvalue weighted by atomic mass is 10.0. The van der Waals surface area contributed by atoms with Gasteiger partial charge >= 0.3 is 0 Å². The first kappa shape index (κ1) is 18.9. The number of hydrogen-bond acceptors (Lipinski definition) is 6. The summed E-state index contributed by atoms with van der Waals surface area (Å²) in [6.45, 7) is -0.0980. The van der Waals surface area contributed by atoms with Gasteiger partial charge in [0.05, 0.1) is 18.7 Å². The van der Waals surface area contributed by atoms with Crippen LogP contribution in [-0.2, 0) is 11.2 Å². The molecule has 1 aliphatic heterocycles. The minimum absolute atomic E-state index is 0.0980. The molecule has 1 fully saturated rings. The Hall–Kier alpha value is -1.83. The number of rotatable bonds is 5. The van der Waals surface area contributed by atoms with Crippen LogP contribution < -0.4 is 9.47 Å². The highest BCUT2D eigenvalue weighted by Gasteiger charge is 2.38. The van der Waals surface area contributed by atoms with E-state index in [2.05, 4.69) is 0 Å². The highest BCUT2D eigenvalue weighted by atomic mass is 35.5. The average Bonchev–Trinajstić information content (AvgIpc) is 2.64. The number of aliphatic hydroxyl groups excluding tert-OH is 3. The summed E-state index contributed by atoms with van der Waals surface area (Å²) in [5.74, 6) is 1.13. The molecule has 7 heteroatoms. The average molecular weight is 381 g/mol. The van der Waals surface area contributed by atoms with Crippen molar-refractivity contribution in [2.24, 2.45) is 0 Å². The Morgan fingerprint density at radius 2 is 1.73 bits per heavy atom. The maximum Gasteiger partial charge on any atom is 0.228 e. The van der Waals surface area contributed by atoms with Gasteiger partial charge in [0.2, 0.25) is 6.29 Å². The Bertz CT molecular complexity index is 735. The molecule has 0 amide bonds. The van der Waals surface area contributed by atoms with Crippen molar-refractivity contribution >= 4 is 11.6 Å². The van der Waals surface area contributed by atoms with Crippen LogP contribution >= 0.6 is 11.6 Å². The Morgan fingerprint density at radius 3 is 2.38 bits per heavy atom. The third-order valence-corrected chi connectivity index (χ3v) is 4.55. The first-order valence-electron chi connectivity index (χ1n) is 8.21. The fraction of sp³-hybridized carbons (Fsp3) is 0.368. The number of benzene rings is 2. The topological polar surface area (TPSA) is 88.4 Å². The van der Waals surface area contributed by atoms with Crippen LogP contribution in [0, 0.1) is 0 Å². The van der Waals surface area contributed by atoms with E-state index in [0.29, 0.717) is 22.9 Å². The van der Waals surface area contributed by atoms with Gasteiger partial charge in [0.15, 0.2) is 0 Å². The molecule has 3 N–H and O–H groups in total. The van der Waals surface area contributed by atoms with Crippen LogP contribution in [0.15, 0.2) is 42.5 Å². The van der Waals surface area contributed by atoms with E-state index in [0.717, 1.165) is 11.1 Å². The Kier molecular flexibility index (Phi) is 6.01. The van der Waals surface area contributed by atoms with Crippen LogP contribution in [0.2, 0.25) is 5.02 Å². The van der Waals surface area contributed by atoms with Gasteiger partial charge in [-0.15, -0.1) is 0 Å². The van der Waals surface area contributed by atoms with E-state index in [-0.39, 0.29) is 6.61 Å². The number of hydrogen-bond donors (Lipinski definition) is 3. The van der Waals surface area contributed by atoms with Crippen molar-refractivity contribution in [3.05, 3.63) is 58.6 Å². The number of ether oxygens (including phenoxy) is 3. The lowest BCUT2D eigenvalue weighted by molar-refractivity contribution is -0.242. The second-order valence-electron chi connectivity index (χ2n) is 6.16. The van der Waals surface area contributed by atoms with Crippen molar-refractivity contribution in [3.63, 3.8) is 0 Å². The van der Waals surface area contributed by atoms with E-state index < -0.39 is 24.6 Å². The Morgan fingerprint density at radius 1 is 1.04 bits per heavy atom. The zero-order chi connectivity index (χ0) is 18.7. The van der Waals surface area contributed by atoms with Gasteiger partial charge in [-0.25, -0.2) is 0 Å². The molecule has 1 saturated heterocycles. The van der Waals surface area contributed by atoms with E-state index in [1.807, 2.05) is 30.3 Å². The van der Waals surface area contributed by atoms with Crippen LogP contribution in [0.3, 0.4) is 0 Å². The molecule has 6 nitrogen and oxygen atoms in total. The first-order chi connectivity index (χ1) is 12.5. The van der Waals surface area contributed by atoms with E-state index in [4.69, 9.17) is 25.8 Å². The molecule has 0 bridgehead atoms. The predicted octanol–water partition coefficient (Wildman–Crippen LogP) is 1.76. The number of methoxy groups -OCH3 is 1. The van der Waals surface area contributed by atoms with Crippen molar-refractivity contribution in [1.82, 2.24) is 0 Å². The first-order valence-corrected chi connectivity index (χ1v) is 8.59. The lowest BCUT2D eigenvalue weighted by Gasteiger charge is -2.34. The van der Waals surface area contributed by atoms with Crippen molar-refractivity contribution < 1.29 is 29.5 Å². The van der Waals surface area contributed by atoms with Crippen LogP contribution in [0.5, 0.6) is 11.5 Å². The largest absolute Gasteiger partial charge is 0.495 e. The highest BCUT2D eigenvalue weighted by molar-refractivity contribution is 6.32. The van der Waals surface area contributed by atoms with Crippen molar-refractivity contribution in [2.75, 3.05) is 13.7 Å². The van der Waals surface area contributed by atoms with Gasteiger partial charge in [-0.2, -0.15) is 0 Å².